The first-order valence-corrected chi connectivity index (χ1v) is 5.92. The molecular formula is C11H22N4O. The van der Waals surface area contributed by atoms with E-state index in [4.69, 9.17) is 10.3 Å². The van der Waals surface area contributed by atoms with Gasteiger partial charge in [0.15, 0.2) is 0 Å². The minimum absolute atomic E-state index is 0.150. The van der Waals surface area contributed by atoms with Crippen LogP contribution in [0.1, 0.15) is 39.5 Å². The lowest BCUT2D eigenvalue weighted by atomic mass is 9.96. The number of rotatable bonds is 6. The van der Waals surface area contributed by atoms with Crippen molar-refractivity contribution in [3.05, 3.63) is 5.89 Å². The molecule has 16 heavy (non-hydrogen) atoms. The van der Waals surface area contributed by atoms with E-state index in [-0.39, 0.29) is 5.92 Å². The fraction of sp³-hybridized carbons (Fsp3) is 0.818. The number of aromatic nitrogens is 2. The van der Waals surface area contributed by atoms with Gasteiger partial charge in [-0.1, -0.05) is 13.8 Å². The van der Waals surface area contributed by atoms with Gasteiger partial charge < -0.3 is 15.2 Å². The molecule has 2 N–H and O–H groups in total. The highest BCUT2D eigenvalue weighted by Crippen LogP contribution is 2.23. The fourth-order valence-corrected chi connectivity index (χ4v) is 1.67. The zero-order valence-corrected chi connectivity index (χ0v) is 10.6. The predicted molar refractivity (Wildman–Crippen MR) is 64.5 cm³/mol. The molecule has 92 valence electrons. The monoisotopic (exact) mass is 226 g/mol. The van der Waals surface area contributed by atoms with E-state index in [0.29, 0.717) is 24.3 Å². The Labute approximate surface area is 97.0 Å². The highest BCUT2D eigenvalue weighted by Gasteiger charge is 2.22. The van der Waals surface area contributed by atoms with Gasteiger partial charge in [0, 0.05) is 19.6 Å². The van der Waals surface area contributed by atoms with Crippen molar-refractivity contribution in [2.24, 2.45) is 11.7 Å². The van der Waals surface area contributed by atoms with Crippen molar-refractivity contribution in [3.8, 4) is 0 Å². The van der Waals surface area contributed by atoms with E-state index in [2.05, 4.69) is 42.7 Å². The maximum absolute atomic E-state index is 5.71. The first-order valence-electron chi connectivity index (χ1n) is 5.92. The van der Waals surface area contributed by atoms with Crippen LogP contribution in [-0.2, 0) is 0 Å². The first kappa shape index (κ1) is 13.0. The van der Waals surface area contributed by atoms with Crippen LogP contribution in [0.25, 0.3) is 0 Å². The Bertz CT molecular complexity index is 307. The summed E-state index contributed by atoms with van der Waals surface area (Å²) < 4.78 is 5.28. The van der Waals surface area contributed by atoms with Crippen LogP contribution >= 0.6 is 0 Å². The molecule has 1 heterocycles. The van der Waals surface area contributed by atoms with Crippen molar-refractivity contribution in [1.29, 1.82) is 0 Å². The van der Waals surface area contributed by atoms with Crippen LogP contribution in [0.4, 0.5) is 5.95 Å². The standard InChI is InChI=1S/C11H22N4O/c1-5-15(6-2)11-13-10(16-14-11)9(7-12)8(3)4/h8-9H,5-7,12H2,1-4H3. The summed E-state index contributed by atoms with van der Waals surface area (Å²) in [6.45, 7) is 10.7. The van der Waals surface area contributed by atoms with Gasteiger partial charge in [0.05, 0.1) is 5.92 Å². The molecule has 1 rings (SSSR count). The lowest BCUT2D eigenvalue weighted by molar-refractivity contribution is 0.323. The first-order chi connectivity index (χ1) is 7.63. The quantitative estimate of drug-likeness (QED) is 0.798. The van der Waals surface area contributed by atoms with Gasteiger partial charge in [-0.3, -0.25) is 0 Å². The maximum Gasteiger partial charge on any atom is 0.266 e. The Kier molecular flexibility index (Phi) is 4.73. The van der Waals surface area contributed by atoms with Crippen molar-refractivity contribution in [1.82, 2.24) is 10.1 Å². The maximum atomic E-state index is 5.71. The molecule has 1 aromatic heterocycles. The van der Waals surface area contributed by atoms with Crippen LogP contribution in [0.3, 0.4) is 0 Å². The van der Waals surface area contributed by atoms with E-state index in [1.165, 1.54) is 0 Å². The second kappa shape index (κ2) is 5.84. The molecule has 0 amide bonds. The summed E-state index contributed by atoms with van der Waals surface area (Å²) in [4.78, 5) is 6.47. The van der Waals surface area contributed by atoms with Crippen molar-refractivity contribution in [3.63, 3.8) is 0 Å². The van der Waals surface area contributed by atoms with Crippen molar-refractivity contribution in [2.75, 3.05) is 24.5 Å². The number of nitrogens with two attached hydrogens (primary N) is 1. The number of anilines is 1. The number of hydrogen-bond donors (Lipinski definition) is 1. The molecule has 0 bridgehead atoms. The van der Waals surface area contributed by atoms with Gasteiger partial charge in [0.25, 0.3) is 5.95 Å². The van der Waals surface area contributed by atoms with Gasteiger partial charge >= 0.3 is 0 Å². The van der Waals surface area contributed by atoms with Crippen LogP contribution in [-0.4, -0.2) is 29.8 Å². The van der Waals surface area contributed by atoms with Gasteiger partial charge in [-0.2, -0.15) is 4.98 Å². The molecule has 1 unspecified atom stereocenters. The lowest BCUT2D eigenvalue weighted by Gasteiger charge is -2.15. The Hall–Kier alpha value is -1.10. The van der Waals surface area contributed by atoms with Crippen molar-refractivity contribution >= 4 is 5.95 Å². The summed E-state index contributed by atoms with van der Waals surface area (Å²) in [5.74, 6) is 1.88. The van der Waals surface area contributed by atoms with Crippen molar-refractivity contribution < 1.29 is 4.52 Å². The third-order valence-electron chi connectivity index (χ3n) is 2.85. The van der Waals surface area contributed by atoms with E-state index < -0.39 is 0 Å². The molecule has 5 nitrogen and oxygen atoms in total. The zero-order chi connectivity index (χ0) is 12.1. The average molecular weight is 226 g/mol. The van der Waals surface area contributed by atoms with E-state index in [1.807, 2.05) is 0 Å². The molecule has 0 radical (unpaired) electrons. The molecule has 0 spiro atoms. The third kappa shape index (κ3) is 2.72. The topological polar surface area (TPSA) is 68.2 Å². The predicted octanol–water partition coefficient (Wildman–Crippen LogP) is 1.61. The summed E-state index contributed by atoms with van der Waals surface area (Å²) in [7, 11) is 0. The molecule has 0 saturated heterocycles. The molecule has 0 aliphatic carbocycles. The summed E-state index contributed by atoms with van der Waals surface area (Å²) in [5, 5.41) is 3.99. The Morgan fingerprint density at radius 1 is 1.31 bits per heavy atom. The summed E-state index contributed by atoms with van der Waals surface area (Å²) in [6.07, 6.45) is 0. The molecule has 0 aliphatic heterocycles. The van der Waals surface area contributed by atoms with Crippen molar-refractivity contribution in [2.45, 2.75) is 33.6 Å². The molecule has 1 aromatic rings. The SMILES string of the molecule is CCN(CC)c1noc(C(CN)C(C)C)n1. The van der Waals surface area contributed by atoms with Gasteiger partial charge in [-0.25, -0.2) is 0 Å². The molecule has 0 aromatic carbocycles. The van der Waals surface area contributed by atoms with Crippen LogP contribution < -0.4 is 10.6 Å². The number of nitrogens with zero attached hydrogens (tertiary/aromatic N) is 3. The second-order valence-electron chi connectivity index (χ2n) is 4.19. The Morgan fingerprint density at radius 3 is 2.38 bits per heavy atom. The Morgan fingerprint density at radius 2 is 1.94 bits per heavy atom. The summed E-state index contributed by atoms with van der Waals surface area (Å²) in [6, 6.07) is 0. The average Bonchev–Trinajstić information content (AvgIpc) is 2.70. The number of hydrogen-bond acceptors (Lipinski definition) is 5. The van der Waals surface area contributed by atoms with E-state index in [0.717, 1.165) is 13.1 Å². The highest BCUT2D eigenvalue weighted by atomic mass is 16.5. The zero-order valence-electron chi connectivity index (χ0n) is 10.6. The molecular weight excluding hydrogens is 204 g/mol. The van der Waals surface area contributed by atoms with Gasteiger partial charge in [0.2, 0.25) is 5.89 Å². The molecule has 0 saturated carbocycles. The van der Waals surface area contributed by atoms with Crippen LogP contribution in [0.15, 0.2) is 4.52 Å². The summed E-state index contributed by atoms with van der Waals surface area (Å²) >= 11 is 0. The second-order valence-corrected chi connectivity index (χ2v) is 4.19. The van der Waals surface area contributed by atoms with E-state index in [1.54, 1.807) is 0 Å². The molecule has 5 heteroatoms. The minimum Gasteiger partial charge on any atom is -0.339 e. The normalized spacial score (nSPS) is 13.1. The fourth-order valence-electron chi connectivity index (χ4n) is 1.67. The van der Waals surface area contributed by atoms with Gasteiger partial charge in [0.1, 0.15) is 0 Å². The van der Waals surface area contributed by atoms with Crippen LogP contribution in [0.2, 0.25) is 0 Å². The Balaban J connectivity index is 2.84. The third-order valence-corrected chi connectivity index (χ3v) is 2.85. The van der Waals surface area contributed by atoms with Gasteiger partial charge in [-0.15, -0.1) is 0 Å². The highest BCUT2D eigenvalue weighted by molar-refractivity contribution is 5.27. The van der Waals surface area contributed by atoms with E-state index in [9.17, 15) is 0 Å². The van der Waals surface area contributed by atoms with E-state index >= 15 is 0 Å². The smallest absolute Gasteiger partial charge is 0.266 e. The molecule has 0 aliphatic rings. The molecule has 0 fully saturated rings. The minimum atomic E-state index is 0.150. The summed E-state index contributed by atoms with van der Waals surface area (Å²) in [5.41, 5.74) is 5.71. The van der Waals surface area contributed by atoms with Gasteiger partial charge in [-0.05, 0) is 24.9 Å². The van der Waals surface area contributed by atoms with Crippen LogP contribution in [0.5, 0.6) is 0 Å². The largest absolute Gasteiger partial charge is 0.339 e. The molecule has 1 atom stereocenters. The lowest BCUT2D eigenvalue weighted by Crippen LogP contribution is -2.23. The van der Waals surface area contributed by atoms with Crippen LogP contribution in [0, 0.1) is 5.92 Å².